The number of halogens is 1. The summed E-state index contributed by atoms with van der Waals surface area (Å²) in [6.07, 6.45) is 3.44. The number of carbonyl (C=O) groups excluding carboxylic acids is 1. The number of rotatable bonds is 4. The molecule has 1 aliphatic carbocycles. The van der Waals surface area contributed by atoms with Crippen LogP contribution in [0.15, 0.2) is 30.5 Å². The Bertz CT molecular complexity index is 837. The van der Waals surface area contributed by atoms with E-state index in [-0.39, 0.29) is 22.7 Å². The zero-order chi connectivity index (χ0) is 17.6. The first-order valence-electron chi connectivity index (χ1n) is 8.30. The molecule has 130 valence electrons. The fraction of sp³-hybridized carbons (Fsp3) is 0.412. The third-order valence-corrected chi connectivity index (χ3v) is 4.96. The highest BCUT2D eigenvalue weighted by molar-refractivity contribution is 5.82. The molecule has 3 atom stereocenters. The van der Waals surface area contributed by atoms with Gasteiger partial charge in [-0.15, -0.1) is 0 Å². The Hall–Kier alpha value is -2.77. The van der Waals surface area contributed by atoms with Crippen molar-refractivity contribution in [3.8, 4) is 11.3 Å². The monoisotopic (exact) mass is 344 g/mol. The number of aromatic nitrogens is 2. The molecule has 2 fully saturated rings. The molecule has 2 aliphatic rings. The minimum Gasteiger partial charge on any atom is -0.340 e. The summed E-state index contributed by atoms with van der Waals surface area (Å²) in [7, 11) is 0. The molecule has 25 heavy (non-hydrogen) atoms. The lowest BCUT2D eigenvalue weighted by Crippen LogP contribution is -2.33. The first kappa shape index (κ1) is 15.7. The van der Waals surface area contributed by atoms with Gasteiger partial charge in [0.1, 0.15) is 17.6 Å². The predicted octanol–water partition coefficient (Wildman–Crippen LogP) is 2.54. The highest BCUT2D eigenvalue weighted by Gasteiger charge is 2.55. The van der Waals surface area contributed by atoms with Crippen LogP contribution in [0.1, 0.15) is 31.1 Å². The molecule has 1 aromatic carbocycles. The summed E-state index contributed by atoms with van der Waals surface area (Å²) in [5.41, 5.74) is 0.981. The molecule has 8 heteroatoms. The van der Waals surface area contributed by atoms with Gasteiger partial charge in [0.15, 0.2) is 0 Å². The van der Waals surface area contributed by atoms with E-state index in [4.69, 9.17) is 0 Å². The lowest BCUT2D eigenvalue weighted by atomic mass is 10.1. The molecule has 1 N–H and O–H groups in total. The second-order valence-corrected chi connectivity index (χ2v) is 6.55. The second-order valence-electron chi connectivity index (χ2n) is 6.55. The summed E-state index contributed by atoms with van der Waals surface area (Å²) in [5, 5.41) is 10.8. The number of amides is 1. The Kier molecular flexibility index (Phi) is 3.74. The zero-order valence-corrected chi connectivity index (χ0v) is 13.4. The van der Waals surface area contributed by atoms with E-state index in [1.807, 2.05) is 0 Å². The number of nitro groups is 1. The van der Waals surface area contributed by atoms with Crippen molar-refractivity contribution in [1.82, 2.24) is 14.9 Å². The van der Waals surface area contributed by atoms with Crippen LogP contribution < -0.4 is 0 Å². The van der Waals surface area contributed by atoms with Crippen molar-refractivity contribution in [3.05, 3.63) is 52.2 Å². The number of H-pyrrole nitrogens is 1. The van der Waals surface area contributed by atoms with E-state index in [2.05, 4.69) is 9.97 Å². The van der Waals surface area contributed by atoms with Crippen molar-refractivity contribution >= 4 is 5.91 Å². The number of likely N-dealkylation sites (tertiary alicyclic amines) is 1. The van der Waals surface area contributed by atoms with Crippen LogP contribution in [0.25, 0.3) is 11.3 Å². The van der Waals surface area contributed by atoms with Crippen molar-refractivity contribution in [3.63, 3.8) is 0 Å². The van der Waals surface area contributed by atoms with Crippen molar-refractivity contribution < 1.29 is 14.1 Å². The number of hydrogen-bond donors (Lipinski definition) is 1. The van der Waals surface area contributed by atoms with Crippen LogP contribution in [-0.4, -0.2) is 38.3 Å². The quantitative estimate of drug-likeness (QED) is 0.681. The summed E-state index contributed by atoms with van der Waals surface area (Å²) in [4.78, 5) is 32.1. The van der Waals surface area contributed by atoms with Crippen LogP contribution in [0.2, 0.25) is 0 Å². The maximum Gasteiger partial charge on any atom is 0.233 e. The van der Waals surface area contributed by atoms with Gasteiger partial charge in [-0.3, -0.25) is 14.9 Å². The van der Waals surface area contributed by atoms with E-state index in [1.165, 1.54) is 6.07 Å². The van der Waals surface area contributed by atoms with Crippen LogP contribution in [0.4, 0.5) is 4.39 Å². The number of benzene rings is 1. The topological polar surface area (TPSA) is 92.1 Å². The summed E-state index contributed by atoms with van der Waals surface area (Å²) in [6, 6.07) is 5.42. The molecule has 1 aromatic heterocycles. The van der Waals surface area contributed by atoms with Crippen LogP contribution in [0, 0.1) is 21.8 Å². The molecule has 0 unspecified atom stereocenters. The van der Waals surface area contributed by atoms with Crippen molar-refractivity contribution in [2.24, 2.45) is 5.92 Å². The lowest BCUT2D eigenvalue weighted by Gasteiger charge is -2.22. The van der Waals surface area contributed by atoms with Crippen molar-refractivity contribution in [1.29, 1.82) is 0 Å². The molecule has 2 heterocycles. The van der Waals surface area contributed by atoms with E-state index in [9.17, 15) is 19.3 Å². The molecule has 2 aromatic rings. The predicted molar refractivity (Wildman–Crippen MR) is 86.6 cm³/mol. The van der Waals surface area contributed by atoms with Crippen molar-refractivity contribution in [2.75, 3.05) is 6.54 Å². The second kappa shape index (κ2) is 5.94. The average Bonchev–Trinajstić information content (AvgIpc) is 3.02. The van der Waals surface area contributed by atoms with E-state index >= 15 is 0 Å². The Labute approximate surface area is 143 Å². The van der Waals surface area contributed by atoms with Gasteiger partial charge in [-0.05, 0) is 25.0 Å². The van der Waals surface area contributed by atoms with Gasteiger partial charge in [0, 0.05) is 23.5 Å². The lowest BCUT2D eigenvalue weighted by molar-refractivity contribution is -0.497. The molecule has 1 saturated heterocycles. The van der Waals surface area contributed by atoms with Crippen molar-refractivity contribution in [2.45, 2.75) is 31.3 Å². The van der Waals surface area contributed by atoms with Gasteiger partial charge in [0.25, 0.3) is 0 Å². The van der Waals surface area contributed by atoms with Crippen LogP contribution >= 0.6 is 0 Å². The standard InChI is InChI=1S/C17H17FN4O3/c18-12-5-2-1-4-10(12)13-9-19-16(20-13)14-6-3-7-21(14)17(23)11-8-15(11)22(24)25/h1-2,4-5,9,11,14-15H,3,6-8H2,(H,19,20)/t11-,14-,15+/m1/s1. The smallest absolute Gasteiger partial charge is 0.233 e. The van der Waals surface area contributed by atoms with Gasteiger partial charge >= 0.3 is 0 Å². The molecule has 1 saturated carbocycles. The number of nitrogens with zero attached hydrogens (tertiary/aromatic N) is 3. The maximum absolute atomic E-state index is 13.9. The minimum atomic E-state index is -0.751. The molecule has 4 rings (SSSR count). The molecule has 7 nitrogen and oxygen atoms in total. The van der Waals surface area contributed by atoms with E-state index < -0.39 is 12.0 Å². The molecular weight excluding hydrogens is 327 g/mol. The number of hydrogen-bond acceptors (Lipinski definition) is 4. The van der Waals surface area contributed by atoms with Gasteiger partial charge in [0.2, 0.25) is 11.9 Å². The van der Waals surface area contributed by atoms with Crippen LogP contribution in [-0.2, 0) is 4.79 Å². The molecular formula is C17H17FN4O3. The highest BCUT2D eigenvalue weighted by Crippen LogP contribution is 2.40. The summed E-state index contributed by atoms with van der Waals surface area (Å²) >= 11 is 0. The SMILES string of the molecule is O=C([C@@H]1C[C@@H]1[N+](=O)[O-])N1CCC[C@@H]1c1ncc(-c2ccccc2F)[nH]1. The van der Waals surface area contributed by atoms with Crippen LogP contribution in [0.3, 0.4) is 0 Å². The molecule has 0 radical (unpaired) electrons. The van der Waals surface area contributed by atoms with Gasteiger partial charge in [-0.25, -0.2) is 9.37 Å². The number of carbonyl (C=O) groups is 1. The molecule has 1 amide bonds. The number of imidazole rings is 1. The largest absolute Gasteiger partial charge is 0.340 e. The third-order valence-electron chi connectivity index (χ3n) is 4.96. The average molecular weight is 344 g/mol. The Morgan fingerprint density at radius 1 is 1.40 bits per heavy atom. The summed E-state index contributed by atoms with van der Waals surface area (Å²) < 4.78 is 13.9. The van der Waals surface area contributed by atoms with E-state index in [0.717, 1.165) is 12.8 Å². The molecule has 0 spiro atoms. The van der Waals surface area contributed by atoms with Crippen LogP contribution in [0.5, 0.6) is 0 Å². The van der Waals surface area contributed by atoms with Gasteiger partial charge in [-0.2, -0.15) is 0 Å². The van der Waals surface area contributed by atoms with Gasteiger partial charge in [-0.1, -0.05) is 12.1 Å². The number of nitrogens with one attached hydrogen (secondary N) is 1. The fourth-order valence-electron chi connectivity index (χ4n) is 3.53. The molecule has 1 aliphatic heterocycles. The first-order valence-corrected chi connectivity index (χ1v) is 8.30. The Morgan fingerprint density at radius 3 is 2.92 bits per heavy atom. The summed E-state index contributed by atoms with van der Waals surface area (Å²) in [5.74, 6) is -0.434. The first-order chi connectivity index (χ1) is 12.1. The summed E-state index contributed by atoms with van der Waals surface area (Å²) in [6.45, 7) is 0.570. The van der Waals surface area contributed by atoms with Gasteiger partial charge < -0.3 is 9.88 Å². The fourth-order valence-corrected chi connectivity index (χ4v) is 3.53. The molecule has 0 bridgehead atoms. The van der Waals surface area contributed by atoms with E-state index in [1.54, 1.807) is 29.3 Å². The Balaban J connectivity index is 1.55. The minimum absolute atomic E-state index is 0.173. The Morgan fingerprint density at radius 2 is 2.20 bits per heavy atom. The highest BCUT2D eigenvalue weighted by atomic mass is 19.1. The normalized spacial score (nSPS) is 25.2. The number of aromatic amines is 1. The van der Waals surface area contributed by atoms with E-state index in [0.29, 0.717) is 30.0 Å². The maximum atomic E-state index is 13.9. The van der Waals surface area contributed by atoms with Gasteiger partial charge in [0.05, 0.1) is 17.9 Å². The third kappa shape index (κ3) is 2.77. The zero-order valence-electron chi connectivity index (χ0n) is 13.4.